The van der Waals surface area contributed by atoms with Crippen molar-refractivity contribution in [1.29, 1.82) is 0 Å². The third-order valence-electron chi connectivity index (χ3n) is 4.06. The topological polar surface area (TPSA) is 51.0 Å². The molecule has 1 aliphatic rings. The second-order valence-corrected chi connectivity index (χ2v) is 6.88. The molecular weight excluding hydrogens is 353 g/mol. The molecule has 134 valence electrons. The Morgan fingerprint density at radius 1 is 1.16 bits per heavy atom. The lowest BCUT2D eigenvalue weighted by atomic mass is 10.1. The molecule has 1 atom stereocenters. The number of rotatable bonds is 4. The molecule has 3 rings (SSSR count). The van der Waals surface area contributed by atoms with Gasteiger partial charge in [0.05, 0.1) is 0 Å². The summed E-state index contributed by atoms with van der Waals surface area (Å²) in [6, 6.07) is 9.03. The van der Waals surface area contributed by atoms with Gasteiger partial charge in [0, 0.05) is 20.1 Å². The number of nitrogens with zero attached hydrogens (tertiary/aromatic N) is 4. The molecule has 0 unspecified atom stereocenters. The van der Waals surface area contributed by atoms with E-state index in [0.29, 0.717) is 13.1 Å². The Morgan fingerprint density at radius 2 is 1.80 bits per heavy atom. The van der Waals surface area contributed by atoms with Crippen LogP contribution in [0.5, 0.6) is 0 Å². The van der Waals surface area contributed by atoms with E-state index < -0.39 is 17.3 Å². The summed E-state index contributed by atoms with van der Waals surface area (Å²) in [4.78, 5) is 14.6. The summed E-state index contributed by atoms with van der Waals surface area (Å²) < 4.78 is 39.6. The number of hydrogen-bond donors (Lipinski definition) is 0. The van der Waals surface area contributed by atoms with E-state index in [1.807, 2.05) is 6.07 Å². The lowest BCUT2D eigenvalue weighted by molar-refractivity contribution is -0.147. The first-order chi connectivity index (χ1) is 11.9. The number of alkyl halides is 3. The fourth-order valence-corrected chi connectivity index (χ4v) is 3.85. The van der Waals surface area contributed by atoms with Crippen LogP contribution in [0.3, 0.4) is 0 Å². The Labute approximate surface area is 147 Å². The molecule has 1 aliphatic heterocycles. The molecule has 1 aromatic carbocycles. The fraction of sp³-hybridized carbons (Fsp3) is 0.438. The number of carbonyl (C=O) groups excluding carboxylic acids is 1. The summed E-state index contributed by atoms with van der Waals surface area (Å²) >= 11 is 0.998. The van der Waals surface area contributed by atoms with Crippen molar-refractivity contribution in [3.8, 4) is 0 Å². The number of thioether (sulfide) groups is 1. The smallest absolute Gasteiger partial charge is 0.341 e. The van der Waals surface area contributed by atoms with Crippen LogP contribution in [0.15, 0.2) is 35.5 Å². The molecule has 0 N–H and O–H groups in total. The zero-order chi connectivity index (χ0) is 18.0. The van der Waals surface area contributed by atoms with Crippen LogP contribution in [0.1, 0.15) is 29.5 Å². The van der Waals surface area contributed by atoms with E-state index in [1.165, 1.54) is 7.05 Å². The molecule has 0 aliphatic carbocycles. The predicted octanol–water partition coefficient (Wildman–Crippen LogP) is 3.29. The van der Waals surface area contributed by atoms with Crippen molar-refractivity contribution in [2.24, 2.45) is 7.05 Å². The highest BCUT2D eigenvalue weighted by Crippen LogP contribution is 2.38. The Morgan fingerprint density at radius 3 is 2.36 bits per heavy atom. The van der Waals surface area contributed by atoms with Gasteiger partial charge in [-0.1, -0.05) is 42.1 Å². The highest BCUT2D eigenvalue weighted by Gasteiger charge is 2.38. The van der Waals surface area contributed by atoms with E-state index in [9.17, 15) is 18.0 Å². The average Bonchev–Trinajstić information content (AvgIpc) is 3.22. The molecule has 2 heterocycles. The summed E-state index contributed by atoms with van der Waals surface area (Å²) in [5.74, 6) is -1.18. The van der Waals surface area contributed by atoms with Crippen LogP contribution in [-0.4, -0.2) is 38.7 Å². The Hall–Kier alpha value is -2.03. The molecule has 0 spiro atoms. The molecule has 25 heavy (non-hydrogen) atoms. The minimum Gasteiger partial charge on any atom is -0.341 e. The molecular formula is C16H17F3N4OS. The first-order valence-corrected chi connectivity index (χ1v) is 8.73. The number of halogens is 3. The fourth-order valence-electron chi connectivity index (χ4n) is 2.76. The van der Waals surface area contributed by atoms with Crippen molar-refractivity contribution in [2.45, 2.75) is 29.4 Å². The summed E-state index contributed by atoms with van der Waals surface area (Å²) in [5.41, 5.74) is 0.737. The Bertz CT molecular complexity index is 742. The summed E-state index contributed by atoms with van der Waals surface area (Å²) in [6.07, 6.45) is -2.69. The van der Waals surface area contributed by atoms with Crippen molar-refractivity contribution in [3.63, 3.8) is 0 Å². The zero-order valence-corrected chi connectivity index (χ0v) is 14.3. The van der Waals surface area contributed by atoms with Crippen molar-refractivity contribution >= 4 is 17.7 Å². The van der Waals surface area contributed by atoms with E-state index in [2.05, 4.69) is 10.2 Å². The zero-order valence-electron chi connectivity index (χ0n) is 13.5. The van der Waals surface area contributed by atoms with Gasteiger partial charge >= 0.3 is 6.18 Å². The Balaban J connectivity index is 1.90. The van der Waals surface area contributed by atoms with Crippen LogP contribution >= 0.6 is 11.8 Å². The van der Waals surface area contributed by atoms with Gasteiger partial charge in [-0.2, -0.15) is 13.2 Å². The molecule has 9 heteroatoms. The maximum absolute atomic E-state index is 12.9. The maximum atomic E-state index is 12.9. The van der Waals surface area contributed by atoms with E-state index in [0.717, 1.165) is 34.7 Å². The quantitative estimate of drug-likeness (QED) is 0.775. The summed E-state index contributed by atoms with van der Waals surface area (Å²) in [5, 5.41) is 6.29. The van der Waals surface area contributed by atoms with Gasteiger partial charge in [0.1, 0.15) is 5.25 Å². The number of hydrogen-bond acceptors (Lipinski definition) is 4. The largest absolute Gasteiger partial charge is 0.451 e. The molecule has 0 radical (unpaired) electrons. The molecule has 2 aromatic rings. The molecule has 5 nitrogen and oxygen atoms in total. The van der Waals surface area contributed by atoms with E-state index >= 15 is 0 Å². The van der Waals surface area contributed by atoms with Gasteiger partial charge in [-0.15, -0.1) is 10.2 Å². The van der Waals surface area contributed by atoms with Crippen LogP contribution < -0.4 is 0 Å². The van der Waals surface area contributed by atoms with Gasteiger partial charge in [-0.05, 0) is 18.4 Å². The molecule has 1 aromatic heterocycles. The minimum absolute atomic E-state index is 0.0636. The number of likely N-dealkylation sites (tertiary alicyclic amines) is 1. The third-order valence-corrected chi connectivity index (χ3v) is 5.33. The van der Waals surface area contributed by atoms with Gasteiger partial charge in [-0.25, -0.2) is 0 Å². The standard InChI is InChI=1S/C16H17F3N4OS/c1-22-14(16(17,18)19)20-21-15(22)25-12(11-7-3-2-4-8-11)13(24)23-9-5-6-10-23/h2-4,7-8,12H,5-6,9-10H2,1H3/t12-/m1/s1. The normalized spacial score (nSPS) is 16.2. The van der Waals surface area contributed by atoms with Crippen molar-refractivity contribution in [2.75, 3.05) is 13.1 Å². The van der Waals surface area contributed by atoms with Crippen LogP contribution in [0.4, 0.5) is 13.2 Å². The van der Waals surface area contributed by atoms with Gasteiger partial charge in [0.15, 0.2) is 5.16 Å². The minimum atomic E-state index is -4.58. The van der Waals surface area contributed by atoms with E-state index in [4.69, 9.17) is 0 Å². The van der Waals surface area contributed by atoms with Gasteiger partial charge < -0.3 is 9.47 Å². The highest BCUT2D eigenvalue weighted by atomic mass is 32.2. The highest BCUT2D eigenvalue weighted by molar-refractivity contribution is 8.00. The first-order valence-electron chi connectivity index (χ1n) is 7.85. The third kappa shape index (κ3) is 3.81. The lowest BCUT2D eigenvalue weighted by Gasteiger charge is -2.22. The summed E-state index contributed by atoms with van der Waals surface area (Å²) in [6.45, 7) is 1.35. The molecule has 0 bridgehead atoms. The van der Waals surface area contributed by atoms with Crippen LogP contribution in [0, 0.1) is 0 Å². The van der Waals surface area contributed by atoms with Crippen LogP contribution in [0.25, 0.3) is 0 Å². The number of amides is 1. The Kier molecular flexibility index (Phi) is 5.03. The lowest BCUT2D eigenvalue weighted by Crippen LogP contribution is -2.31. The van der Waals surface area contributed by atoms with Gasteiger partial charge in [-0.3, -0.25) is 4.79 Å². The number of aromatic nitrogens is 3. The molecule has 1 fully saturated rings. The molecule has 0 saturated carbocycles. The number of carbonyl (C=O) groups is 1. The molecule has 1 saturated heterocycles. The molecule has 1 amide bonds. The van der Waals surface area contributed by atoms with Crippen molar-refractivity contribution in [3.05, 3.63) is 41.7 Å². The predicted molar refractivity (Wildman–Crippen MR) is 86.9 cm³/mol. The monoisotopic (exact) mass is 370 g/mol. The SMILES string of the molecule is Cn1c(S[C@@H](C(=O)N2CCCC2)c2ccccc2)nnc1C(F)(F)F. The second-order valence-electron chi connectivity index (χ2n) is 5.80. The second kappa shape index (κ2) is 7.07. The van der Waals surface area contributed by atoms with Crippen LogP contribution in [0.2, 0.25) is 0 Å². The van der Waals surface area contributed by atoms with E-state index in [1.54, 1.807) is 29.2 Å². The summed E-state index contributed by atoms with van der Waals surface area (Å²) in [7, 11) is 1.26. The van der Waals surface area contributed by atoms with Gasteiger partial charge in [0.25, 0.3) is 0 Å². The van der Waals surface area contributed by atoms with Crippen molar-refractivity contribution < 1.29 is 18.0 Å². The van der Waals surface area contributed by atoms with Crippen LogP contribution in [-0.2, 0) is 18.0 Å². The van der Waals surface area contributed by atoms with E-state index in [-0.39, 0.29) is 11.1 Å². The average molecular weight is 370 g/mol. The maximum Gasteiger partial charge on any atom is 0.451 e. The van der Waals surface area contributed by atoms with Crippen molar-refractivity contribution in [1.82, 2.24) is 19.7 Å². The first kappa shape index (κ1) is 17.8. The number of benzene rings is 1. The van der Waals surface area contributed by atoms with Gasteiger partial charge in [0.2, 0.25) is 11.7 Å².